The highest BCUT2D eigenvalue weighted by Gasteiger charge is 2.44. The first-order valence-electron chi connectivity index (χ1n) is 6.35. The van der Waals surface area contributed by atoms with E-state index in [1.54, 1.807) is 23.9 Å². The van der Waals surface area contributed by atoms with Gasteiger partial charge >= 0.3 is 5.97 Å². The highest BCUT2D eigenvalue weighted by atomic mass is 32.2. The van der Waals surface area contributed by atoms with Crippen LogP contribution in [0.4, 0.5) is 5.69 Å². The highest BCUT2D eigenvalue weighted by Crippen LogP contribution is 2.52. The number of primary amides is 1. The Balaban J connectivity index is 1.99. The van der Waals surface area contributed by atoms with Crippen LogP contribution in [0.5, 0.6) is 0 Å². The number of esters is 1. The van der Waals surface area contributed by atoms with Crippen molar-refractivity contribution in [1.29, 1.82) is 0 Å². The Hall–Kier alpha value is -1.69. The van der Waals surface area contributed by atoms with Gasteiger partial charge < -0.3 is 16.2 Å². The molecule has 5 nitrogen and oxygen atoms in total. The van der Waals surface area contributed by atoms with E-state index in [1.165, 1.54) is 7.11 Å². The molecule has 0 spiro atoms. The van der Waals surface area contributed by atoms with E-state index in [0.29, 0.717) is 17.7 Å². The van der Waals surface area contributed by atoms with Gasteiger partial charge in [0.05, 0.1) is 19.1 Å². The van der Waals surface area contributed by atoms with Crippen LogP contribution in [0, 0.1) is 5.41 Å². The standard InChI is InChI=1S/C14H18N2O3S/c1-19-12(17)7-14(4-5-14)8-20-9-2-3-11(15)10(6-9)13(16)18/h2-3,6H,4-5,7-8,15H2,1H3,(H2,16,18). The maximum absolute atomic E-state index is 11.4. The Bertz CT molecular complexity index is 541. The molecule has 1 fully saturated rings. The van der Waals surface area contributed by atoms with Gasteiger partial charge in [-0.15, -0.1) is 11.8 Å². The zero-order valence-corrected chi connectivity index (χ0v) is 12.2. The smallest absolute Gasteiger partial charge is 0.306 e. The topological polar surface area (TPSA) is 95.4 Å². The van der Waals surface area contributed by atoms with Crippen molar-refractivity contribution in [3.05, 3.63) is 23.8 Å². The van der Waals surface area contributed by atoms with Gasteiger partial charge in [-0.2, -0.15) is 0 Å². The fourth-order valence-corrected chi connectivity index (χ4v) is 3.23. The molecule has 0 saturated heterocycles. The predicted molar refractivity (Wildman–Crippen MR) is 78.4 cm³/mol. The first kappa shape index (κ1) is 14.7. The first-order valence-corrected chi connectivity index (χ1v) is 7.33. The van der Waals surface area contributed by atoms with E-state index >= 15 is 0 Å². The van der Waals surface area contributed by atoms with Crippen molar-refractivity contribution >= 4 is 29.3 Å². The molecule has 1 amide bonds. The second-order valence-corrected chi connectivity index (χ2v) is 6.20. The van der Waals surface area contributed by atoms with E-state index in [2.05, 4.69) is 0 Å². The summed E-state index contributed by atoms with van der Waals surface area (Å²) in [5.74, 6) is 0.128. The summed E-state index contributed by atoms with van der Waals surface area (Å²) in [6.07, 6.45) is 2.52. The summed E-state index contributed by atoms with van der Waals surface area (Å²) < 4.78 is 4.72. The zero-order valence-electron chi connectivity index (χ0n) is 11.3. The molecule has 1 aromatic carbocycles. The van der Waals surface area contributed by atoms with E-state index in [9.17, 15) is 9.59 Å². The van der Waals surface area contributed by atoms with Crippen LogP contribution >= 0.6 is 11.8 Å². The van der Waals surface area contributed by atoms with Gasteiger partial charge in [0.2, 0.25) is 0 Å². The van der Waals surface area contributed by atoms with Crippen molar-refractivity contribution in [2.45, 2.75) is 24.2 Å². The fraction of sp³-hybridized carbons (Fsp3) is 0.429. The first-order chi connectivity index (χ1) is 9.46. The molecule has 0 aliphatic heterocycles. The number of carbonyl (C=O) groups excluding carboxylic acids is 2. The van der Waals surface area contributed by atoms with Gasteiger partial charge in [0.1, 0.15) is 0 Å². The Kier molecular flexibility index (Phi) is 4.23. The maximum atomic E-state index is 11.4. The number of hydrogen-bond acceptors (Lipinski definition) is 5. The molecule has 20 heavy (non-hydrogen) atoms. The molecule has 0 unspecified atom stereocenters. The summed E-state index contributed by atoms with van der Waals surface area (Å²) in [7, 11) is 1.41. The van der Waals surface area contributed by atoms with Crippen LogP contribution in [0.1, 0.15) is 29.6 Å². The van der Waals surface area contributed by atoms with Crippen LogP contribution in [0.15, 0.2) is 23.1 Å². The Labute approximate surface area is 122 Å². The van der Waals surface area contributed by atoms with Crippen molar-refractivity contribution < 1.29 is 14.3 Å². The lowest BCUT2D eigenvalue weighted by molar-refractivity contribution is -0.141. The lowest BCUT2D eigenvalue weighted by Crippen LogP contribution is -2.14. The van der Waals surface area contributed by atoms with Crippen LogP contribution < -0.4 is 11.5 Å². The Morgan fingerprint density at radius 3 is 2.65 bits per heavy atom. The molecule has 0 bridgehead atoms. The van der Waals surface area contributed by atoms with Crippen molar-refractivity contribution in [2.24, 2.45) is 11.1 Å². The van der Waals surface area contributed by atoms with Gasteiger partial charge in [-0.05, 0) is 36.5 Å². The molecule has 0 radical (unpaired) electrons. The summed E-state index contributed by atoms with van der Waals surface area (Å²) in [6, 6.07) is 5.25. The molecule has 108 valence electrons. The van der Waals surface area contributed by atoms with Gasteiger partial charge in [-0.25, -0.2) is 0 Å². The number of benzene rings is 1. The van der Waals surface area contributed by atoms with Crippen molar-refractivity contribution in [2.75, 3.05) is 18.6 Å². The van der Waals surface area contributed by atoms with E-state index in [-0.39, 0.29) is 11.4 Å². The minimum atomic E-state index is -0.527. The number of nitrogen functional groups attached to an aromatic ring is 1. The summed E-state index contributed by atoms with van der Waals surface area (Å²) >= 11 is 1.61. The number of thioether (sulfide) groups is 1. The molecule has 0 atom stereocenters. The molecule has 4 N–H and O–H groups in total. The molecule has 1 aromatic rings. The number of amides is 1. The Morgan fingerprint density at radius 1 is 1.40 bits per heavy atom. The highest BCUT2D eigenvalue weighted by molar-refractivity contribution is 7.99. The Morgan fingerprint density at radius 2 is 2.10 bits per heavy atom. The molecule has 1 aliphatic rings. The van der Waals surface area contributed by atoms with Crippen molar-refractivity contribution in [1.82, 2.24) is 0 Å². The summed E-state index contributed by atoms with van der Waals surface area (Å²) in [5.41, 5.74) is 11.7. The number of methoxy groups -OCH3 is 1. The molecule has 1 aliphatic carbocycles. The summed E-state index contributed by atoms with van der Waals surface area (Å²) in [4.78, 5) is 23.5. The average molecular weight is 294 g/mol. The minimum absolute atomic E-state index is 0.0477. The predicted octanol–water partition coefficient (Wildman–Crippen LogP) is 1.80. The number of ether oxygens (including phenoxy) is 1. The minimum Gasteiger partial charge on any atom is -0.469 e. The molecular weight excluding hydrogens is 276 g/mol. The second-order valence-electron chi connectivity index (χ2n) is 5.15. The number of anilines is 1. The molecule has 0 aromatic heterocycles. The van der Waals surface area contributed by atoms with E-state index in [0.717, 1.165) is 23.5 Å². The van der Waals surface area contributed by atoms with Crippen LogP contribution in [0.3, 0.4) is 0 Å². The van der Waals surface area contributed by atoms with E-state index in [1.807, 2.05) is 6.07 Å². The normalized spacial score (nSPS) is 15.7. The molecule has 1 saturated carbocycles. The lowest BCUT2D eigenvalue weighted by atomic mass is 10.1. The van der Waals surface area contributed by atoms with E-state index < -0.39 is 5.91 Å². The average Bonchev–Trinajstić information content (AvgIpc) is 3.17. The van der Waals surface area contributed by atoms with Crippen LogP contribution in [-0.2, 0) is 9.53 Å². The van der Waals surface area contributed by atoms with Gasteiger partial charge in [0, 0.05) is 16.3 Å². The second kappa shape index (κ2) is 5.75. The lowest BCUT2D eigenvalue weighted by Gasteiger charge is -2.13. The third-order valence-electron chi connectivity index (χ3n) is 3.54. The molecule has 6 heteroatoms. The summed E-state index contributed by atoms with van der Waals surface area (Å²) in [6.45, 7) is 0. The third kappa shape index (κ3) is 3.45. The number of nitrogens with two attached hydrogens (primary N) is 2. The zero-order chi connectivity index (χ0) is 14.8. The number of rotatable bonds is 6. The van der Waals surface area contributed by atoms with Crippen LogP contribution in [0.2, 0.25) is 0 Å². The maximum Gasteiger partial charge on any atom is 0.306 e. The van der Waals surface area contributed by atoms with Crippen molar-refractivity contribution in [3.63, 3.8) is 0 Å². The largest absolute Gasteiger partial charge is 0.469 e. The van der Waals surface area contributed by atoms with Gasteiger partial charge in [0.25, 0.3) is 5.91 Å². The molecule has 0 heterocycles. The SMILES string of the molecule is COC(=O)CC1(CSc2ccc(N)c(C(N)=O)c2)CC1. The van der Waals surface area contributed by atoms with Gasteiger partial charge in [-0.3, -0.25) is 9.59 Å². The molecule has 2 rings (SSSR count). The van der Waals surface area contributed by atoms with E-state index in [4.69, 9.17) is 16.2 Å². The number of carbonyl (C=O) groups is 2. The molecular formula is C14H18N2O3S. The van der Waals surface area contributed by atoms with Gasteiger partial charge in [0.15, 0.2) is 0 Å². The third-order valence-corrected chi connectivity index (χ3v) is 4.88. The summed E-state index contributed by atoms with van der Waals surface area (Å²) in [5, 5.41) is 0. The quantitative estimate of drug-likeness (QED) is 0.474. The fourth-order valence-electron chi connectivity index (χ4n) is 2.00. The van der Waals surface area contributed by atoms with Crippen LogP contribution in [0.25, 0.3) is 0 Å². The van der Waals surface area contributed by atoms with Crippen molar-refractivity contribution in [3.8, 4) is 0 Å². The monoisotopic (exact) mass is 294 g/mol. The number of hydrogen-bond donors (Lipinski definition) is 2. The van der Waals surface area contributed by atoms with Gasteiger partial charge in [-0.1, -0.05) is 0 Å². The van der Waals surface area contributed by atoms with Crippen LogP contribution in [-0.4, -0.2) is 24.7 Å².